The molecule has 2 rings (SSSR count). The molecule has 6 heteroatoms. The summed E-state index contributed by atoms with van der Waals surface area (Å²) < 4.78 is 28.2. The van der Waals surface area contributed by atoms with Crippen molar-refractivity contribution in [3.63, 3.8) is 0 Å². The van der Waals surface area contributed by atoms with Crippen LogP contribution in [0.3, 0.4) is 0 Å². The molecule has 17 heavy (non-hydrogen) atoms. The summed E-state index contributed by atoms with van der Waals surface area (Å²) in [5.74, 6) is 0.844. The summed E-state index contributed by atoms with van der Waals surface area (Å²) in [7, 11) is -2.92. The number of hydrogen-bond donors (Lipinski definition) is 0. The minimum atomic E-state index is -2.92. The first-order valence-electron chi connectivity index (χ1n) is 5.21. The molecular weight excluding hydrogens is 328 g/mol. The van der Waals surface area contributed by atoms with Gasteiger partial charge in [0.2, 0.25) is 0 Å². The summed E-state index contributed by atoms with van der Waals surface area (Å²) in [6.45, 7) is 0. The highest BCUT2D eigenvalue weighted by atomic mass is 79.9. The molecule has 1 aromatic rings. The van der Waals surface area contributed by atoms with E-state index in [0.29, 0.717) is 17.2 Å². The SMILES string of the molecule is O=S1(=O)CCC(Oc2ccc(CBr)cc2Cl)C1. The fourth-order valence-corrected chi connectivity index (χ4v) is 3.94. The Hall–Kier alpha value is -0.260. The van der Waals surface area contributed by atoms with E-state index in [2.05, 4.69) is 15.9 Å². The number of sulfone groups is 1. The molecule has 1 heterocycles. The van der Waals surface area contributed by atoms with Gasteiger partial charge < -0.3 is 4.74 Å². The maximum Gasteiger partial charge on any atom is 0.154 e. The van der Waals surface area contributed by atoms with Gasteiger partial charge in [0.25, 0.3) is 0 Å². The molecule has 0 N–H and O–H groups in total. The molecule has 0 saturated carbocycles. The molecule has 1 fully saturated rings. The predicted molar refractivity (Wildman–Crippen MR) is 71.8 cm³/mol. The molecule has 0 aromatic heterocycles. The highest BCUT2D eigenvalue weighted by Gasteiger charge is 2.29. The highest BCUT2D eigenvalue weighted by molar-refractivity contribution is 9.08. The van der Waals surface area contributed by atoms with Gasteiger partial charge in [0.15, 0.2) is 9.84 Å². The normalized spacial score (nSPS) is 22.6. The van der Waals surface area contributed by atoms with Gasteiger partial charge in [-0.2, -0.15) is 0 Å². The quantitative estimate of drug-likeness (QED) is 0.795. The molecule has 1 aliphatic rings. The molecule has 3 nitrogen and oxygen atoms in total. The second-order valence-corrected chi connectivity index (χ2v) is 7.24. The minimum absolute atomic E-state index is 0.0868. The Bertz CT molecular complexity index is 515. The van der Waals surface area contributed by atoms with Crippen LogP contribution in [0, 0.1) is 0 Å². The van der Waals surface area contributed by atoms with Crippen molar-refractivity contribution >= 4 is 37.4 Å². The second-order valence-electron chi connectivity index (χ2n) is 4.04. The van der Waals surface area contributed by atoms with E-state index >= 15 is 0 Å². The van der Waals surface area contributed by atoms with Crippen LogP contribution in [0.5, 0.6) is 5.75 Å². The van der Waals surface area contributed by atoms with Gasteiger partial charge in [-0.1, -0.05) is 33.6 Å². The topological polar surface area (TPSA) is 43.4 Å². The summed E-state index contributed by atoms with van der Waals surface area (Å²) in [5.41, 5.74) is 1.06. The van der Waals surface area contributed by atoms with Crippen LogP contribution in [-0.4, -0.2) is 26.0 Å². The van der Waals surface area contributed by atoms with Gasteiger partial charge in [0.05, 0.1) is 16.5 Å². The Balaban J connectivity index is 2.09. The zero-order valence-electron chi connectivity index (χ0n) is 9.03. The Morgan fingerprint density at radius 3 is 2.76 bits per heavy atom. The van der Waals surface area contributed by atoms with Gasteiger partial charge in [-0.05, 0) is 24.1 Å². The Labute approximate surface area is 114 Å². The lowest BCUT2D eigenvalue weighted by Crippen LogP contribution is -2.17. The zero-order valence-corrected chi connectivity index (χ0v) is 12.2. The third-order valence-corrected chi connectivity index (χ3v) is 5.32. The third kappa shape index (κ3) is 3.36. The minimum Gasteiger partial charge on any atom is -0.488 e. The highest BCUT2D eigenvalue weighted by Crippen LogP contribution is 2.29. The maximum absolute atomic E-state index is 11.3. The van der Waals surface area contributed by atoms with Gasteiger partial charge in [-0.25, -0.2) is 8.42 Å². The monoisotopic (exact) mass is 338 g/mol. The summed E-state index contributed by atoms with van der Waals surface area (Å²) >= 11 is 9.40. The van der Waals surface area contributed by atoms with E-state index in [1.54, 1.807) is 6.07 Å². The molecule has 1 aliphatic heterocycles. The number of alkyl halides is 1. The average molecular weight is 340 g/mol. The number of benzene rings is 1. The Morgan fingerprint density at radius 1 is 1.47 bits per heavy atom. The van der Waals surface area contributed by atoms with Crippen LogP contribution in [0.25, 0.3) is 0 Å². The van der Waals surface area contributed by atoms with Crippen molar-refractivity contribution < 1.29 is 13.2 Å². The Kier molecular flexibility index (Phi) is 4.00. The molecule has 1 atom stereocenters. The van der Waals surface area contributed by atoms with Crippen LogP contribution in [0.4, 0.5) is 0 Å². The molecule has 0 bridgehead atoms. The van der Waals surface area contributed by atoms with E-state index in [1.165, 1.54) is 0 Å². The van der Waals surface area contributed by atoms with E-state index < -0.39 is 9.84 Å². The molecule has 0 radical (unpaired) electrons. The van der Waals surface area contributed by atoms with Crippen LogP contribution in [0.2, 0.25) is 5.02 Å². The summed E-state index contributed by atoms with van der Waals surface area (Å²) in [4.78, 5) is 0. The summed E-state index contributed by atoms with van der Waals surface area (Å²) in [6, 6.07) is 5.50. The summed E-state index contributed by atoms with van der Waals surface area (Å²) in [6.07, 6.45) is 0.270. The summed E-state index contributed by atoms with van der Waals surface area (Å²) in [5, 5.41) is 1.25. The van der Waals surface area contributed by atoms with Gasteiger partial charge >= 0.3 is 0 Å². The maximum atomic E-state index is 11.3. The van der Waals surface area contributed by atoms with Crippen molar-refractivity contribution in [1.29, 1.82) is 0 Å². The van der Waals surface area contributed by atoms with E-state index in [-0.39, 0.29) is 17.6 Å². The number of ether oxygens (including phenoxy) is 1. The number of rotatable bonds is 3. The molecule has 1 aromatic carbocycles. The average Bonchev–Trinajstić information content (AvgIpc) is 2.61. The first kappa shape index (κ1) is 13.2. The third-order valence-electron chi connectivity index (χ3n) is 2.63. The van der Waals surface area contributed by atoms with E-state index in [1.807, 2.05) is 12.1 Å². The fourth-order valence-electron chi connectivity index (χ4n) is 1.76. The zero-order chi connectivity index (χ0) is 12.5. The van der Waals surface area contributed by atoms with Crippen molar-refractivity contribution in [1.82, 2.24) is 0 Å². The van der Waals surface area contributed by atoms with Gasteiger partial charge in [0.1, 0.15) is 11.9 Å². The second kappa shape index (κ2) is 5.16. The lowest BCUT2D eigenvalue weighted by atomic mass is 10.2. The van der Waals surface area contributed by atoms with Crippen molar-refractivity contribution in [3.05, 3.63) is 28.8 Å². The van der Waals surface area contributed by atoms with Crippen molar-refractivity contribution in [3.8, 4) is 5.75 Å². The van der Waals surface area contributed by atoms with Crippen LogP contribution < -0.4 is 4.74 Å². The molecular formula is C11H12BrClO3S. The number of hydrogen-bond acceptors (Lipinski definition) is 3. The molecule has 0 amide bonds. The first-order valence-corrected chi connectivity index (χ1v) is 8.54. The van der Waals surface area contributed by atoms with Crippen LogP contribution >= 0.6 is 27.5 Å². The standard InChI is InChI=1S/C11H12BrClO3S/c12-6-8-1-2-11(10(13)5-8)16-9-3-4-17(14,15)7-9/h1-2,5,9H,3-4,6-7H2. The molecule has 0 aliphatic carbocycles. The molecule has 1 unspecified atom stereocenters. The fraction of sp³-hybridized carbons (Fsp3) is 0.455. The van der Waals surface area contributed by atoms with Crippen molar-refractivity contribution in [2.24, 2.45) is 0 Å². The largest absolute Gasteiger partial charge is 0.488 e. The number of halogens is 2. The van der Waals surface area contributed by atoms with Crippen molar-refractivity contribution in [2.75, 3.05) is 11.5 Å². The van der Waals surface area contributed by atoms with Crippen LogP contribution in [0.1, 0.15) is 12.0 Å². The van der Waals surface area contributed by atoms with E-state index in [4.69, 9.17) is 16.3 Å². The predicted octanol–water partition coefficient (Wildman–Crippen LogP) is 2.80. The smallest absolute Gasteiger partial charge is 0.154 e. The van der Waals surface area contributed by atoms with Gasteiger partial charge in [-0.15, -0.1) is 0 Å². The Morgan fingerprint density at radius 2 is 2.24 bits per heavy atom. The van der Waals surface area contributed by atoms with E-state index in [0.717, 1.165) is 10.9 Å². The molecule has 1 saturated heterocycles. The first-order chi connectivity index (χ1) is 8.00. The van der Waals surface area contributed by atoms with Crippen LogP contribution in [0.15, 0.2) is 18.2 Å². The lowest BCUT2D eigenvalue weighted by molar-refractivity contribution is 0.229. The van der Waals surface area contributed by atoms with Crippen LogP contribution in [-0.2, 0) is 15.2 Å². The van der Waals surface area contributed by atoms with Gasteiger partial charge in [-0.3, -0.25) is 0 Å². The van der Waals surface area contributed by atoms with Gasteiger partial charge in [0, 0.05) is 5.33 Å². The molecule has 94 valence electrons. The van der Waals surface area contributed by atoms with Crippen molar-refractivity contribution in [2.45, 2.75) is 17.9 Å². The molecule has 0 spiro atoms. The van der Waals surface area contributed by atoms with E-state index in [9.17, 15) is 8.42 Å². The lowest BCUT2D eigenvalue weighted by Gasteiger charge is -2.13.